The molecule has 0 heterocycles. The molecule has 2 N–H and O–H groups in total. The van der Waals surface area contributed by atoms with Crippen LogP contribution in [0.25, 0.3) is 0 Å². The fraction of sp³-hybridized carbons (Fsp3) is 0.200. The second-order valence-corrected chi connectivity index (χ2v) is 9.90. The van der Waals surface area contributed by atoms with E-state index in [0.29, 0.717) is 11.4 Å². The highest BCUT2D eigenvalue weighted by Crippen LogP contribution is 2.21. The molecule has 0 saturated heterocycles. The molecule has 3 aromatic carbocycles. The standard InChI is InChI=1S/C25H28N4O4S/c1-19(20-12-6-4-7-13-20)26-25(31)22-16-10-11-17-23(22)27-24(30)18-29(34(32,33)28(2)3)21-14-8-5-9-15-21/h4-17,19H,18H2,1-3H3,(H,26,31)(H,27,30)/t19-/m0/s1. The number of rotatable bonds is 9. The molecule has 0 spiro atoms. The minimum atomic E-state index is -3.93. The third kappa shape index (κ3) is 6.00. The normalized spacial score (nSPS) is 12.1. The third-order valence-electron chi connectivity index (χ3n) is 5.16. The minimum Gasteiger partial charge on any atom is -0.345 e. The van der Waals surface area contributed by atoms with Crippen LogP contribution in [0.5, 0.6) is 0 Å². The summed E-state index contributed by atoms with van der Waals surface area (Å²) in [4.78, 5) is 25.9. The predicted molar refractivity (Wildman–Crippen MR) is 134 cm³/mol. The molecular formula is C25H28N4O4S. The Morgan fingerprint density at radius 2 is 1.41 bits per heavy atom. The van der Waals surface area contributed by atoms with E-state index < -0.39 is 22.7 Å². The number of hydrogen-bond acceptors (Lipinski definition) is 4. The van der Waals surface area contributed by atoms with Gasteiger partial charge in [-0.3, -0.25) is 9.59 Å². The predicted octanol–water partition coefficient (Wildman–Crippen LogP) is 3.43. The van der Waals surface area contributed by atoms with Crippen molar-refractivity contribution in [3.8, 4) is 0 Å². The van der Waals surface area contributed by atoms with Crippen LogP contribution in [0.2, 0.25) is 0 Å². The van der Waals surface area contributed by atoms with Gasteiger partial charge in [-0.05, 0) is 36.8 Å². The topological polar surface area (TPSA) is 98.8 Å². The Morgan fingerprint density at radius 1 is 0.853 bits per heavy atom. The smallest absolute Gasteiger partial charge is 0.304 e. The van der Waals surface area contributed by atoms with Gasteiger partial charge in [0, 0.05) is 14.1 Å². The second-order valence-electron chi connectivity index (χ2n) is 7.83. The van der Waals surface area contributed by atoms with Gasteiger partial charge in [0.05, 0.1) is 23.0 Å². The molecule has 1 atom stereocenters. The van der Waals surface area contributed by atoms with Gasteiger partial charge in [-0.15, -0.1) is 0 Å². The second kappa shape index (κ2) is 11.0. The number of nitrogens with zero attached hydrogens (tertiary/aromatic N) is 2. The number of amides is 2. The van der Waals surface area contributed by atoms with Gasteiger partial charge in [0.2, 0.25) is 5.91 Å². The van der Waals surface area contributed by atoms with Gasteiger partial charge in [0.1, 0.15) is 6.54 Å². The molecule has 0 fully saturated rings. The van der Waals surface area contributed by atoms with Gasteiger partial charge in [-0.1, -0.05) is 60.7 Å². The first-order valence-electron chi connectivity index (χ1n) is 10.7. The molecule has 0 unspecified atom stereocenters. The van der Waals surface area contributed by atoms with E-state index in [0.717, 1.165) is 14.2 Å². The molecule has 3 rings (SSSR count). The van der Waals surface area contributed by atoms with Crippen LogP contribution in [-0.2, 0) is 15.0 Å². The van der Waals surface area contributed by atoms with E-state index in [1.165, 1.54) is 14.1 Å². The Balaban J connectivity index is 1.79. The summed E-state index contributed by atoms with van der Waals surface area (Å²) in [6.07, 6.45) is 0. The number of benzene rings is 3. The van der Waals surface area contributed by atoms with Crippen molar-refractivity contribution in [3.63, 3.8) is 0 Å². The first-order valence-corrected chi connectivity index (χ1v) is 12.1. The first-order chi connectivity index (χ1) is 16.2. The molecular weight excluding hydrogens is 452 g/mol. The maximum absolute atomic E-state index is 12.9. The van der Waals surface area contributed by atoms with Crippen molar-refractivity contribution in [2.45, 2.75) is 13.0 Å². The van der Waals surface area contributed by atoms with Crippen LogP contribution >= 0.6 is 0 Å². The zero-order valence-electron chi connectivity index (χ0n) is 19.3. The van der Waals surface area contributed by atoms with Crippen LogP contribution < -0.4 is 14.9 Å². The molecule has 8 nitrogen and oxygen atoms in total. The molecule has 2 amide bonds. The Bertz CT molecular complexity index is 1230. The Morgan fingerprint density at radius 3 is 2.03 bits per heavy atom. The Hall–Kier alpha value is -3.69. The van der Waals surface area contributed by atoms with E-state index in [-0.39, 0.29) is 17.5 Å². The molecule has 0 radical (unpaired) electrons. The van der Waals surface area contributed by atoms with Crippen molar-refractivity contribution in [3.05, 3.63) is 96.1 Å². The van der Waals surface area contributed by atoms with Gasteiger partial charge in [-0.25, -0.2) is 4.31 Å². The largest absolute Gasteiger partial charge is 0.345 e. The lowest BCUT2D eigenvalue weighted by molar-refractivity contribution is -0.114. The van der Waals surface area contributed by atoms with Crippen LogP contribution in [0, 0.1) is 0 Å². The quantitative estimate of drug-likeness (QED) is 0.490. The van der Waals surface area contributed by atoms with Crippen molar-refractivity contribution in [1.82, 2.24) is 9.62 Å². The molecule has 3 aromatic rings. The summed E-state index contributed by atoms with van der Waals surface area (Å²) in [5, 5.41) is 5.62. The highest BCUT2D eigenvalue weighted by molar-refractivity contribution is 7.90. The van der Waals surface area contributed by atoms with Gasteiger partial charge >= 0.3 is 10.2 Å². The van der Waals surface area contributed by atoms with Gasteiger partial charge in [-0.2, -0.15) is 12.7 Å². The summed E-state index contributed by atoms with van der Waals surface area (Å²) in [5.74, 6) is -0.932. The molecule has 34 heavy (non-hydrogen) atoms. The van der Waals surface area contributed by atoms with E-state index in [9.17, 15) is 18.0 Å². The maximum atomic E-state index is 12.9. The summed E-state index contributed by atoms with van der Waals surface area (Å²) < 4.78 is 27.8. The third-order valence-corrected chi connectivity index (χ3v) is 6.98. The van der Waals surface area contributed by atoms with Crippen molar-refractivity contribution >= 4 is 33.4 Å². The maximum Gasteiger partial charge on any atom is 0.304 e. The van der Waals surface area contributed by atoms with Gasteiger partial charge < -0.3 is 10.6 Å². The van der Waals surface area contributed by atoms with Crippen molar-refractivity contribution in [2.24, 2.45) is 0 Å². The van der Waals surface area contributed by atoms with Crippen LogP contribution in [0.15, 0.2) is 84.9 Å². The van der Waals surface area contributed by atoms with Crippen LogP contribution in [0.1, 0.15) is 28.9 Å². The zero-order chi connectivity index (χ0) is 24.7. The highest BCUT2D eigenvalue weighted by Gasteiger charge is 2.27. The Kier molecular flexibility index (Phi) is 8.04. The number of nitrogens with one attached hydrogen (secondary N) is 2. The summed E-state index contributed by atoms with van der Waals surface area (Å²) >= 11 is 0. The molecule has 0 saturated carbocycles. The fourth-order valence-electron chi connectivity index (χ4n) is 3.31. The lowest BCUT2D eigenvalue weighted by atomic mass is 10.1. The average Bonchev–Trinajstić information content (AvgIpc) is 2.83. The van der Waals surface area contributed by atoms with Crippen molar-refractivity contribution in [2.75, 3.05) is 30.3 Å². The number of hydrogen-bond donors (Lipinski definition) is 2. The van der Waals surface area contributed by atoms with E-state index in [1.54, 1.807) is 54.6 Å². The monoisotopic (exact) mass is 480 g/mol. The minimum absolute atomic E-state index is 0.240. The number of anilines is 2. The lowest BCUT2D eigenvalue weighted by Crippen LogP contribution is -2.44. The average molecular weight is 481 g/mol. The number of carbonyl (C=O) groups is 2. The van der Waals surface area contributed by atoms with E-state index >= 15 is 0 Å². The van der Waals surface area contributed by atoms with Crippen molar-refractivity contribution in [1.29, 1.82) is 0 Å². The molecule has 178 valence electrons. The molecule has 0 bridgehead atoms. The zero-order valence-corrected chi connectivity index (χ0v) is 20.1. The summed E-state index contributed by atoms with van der Waals surface area (Å²) in [6, 6.07) is 24.3. The molecule has 0 aliphatic rings. The van der Waals surface area contributed by atoms with E-state index in [2.05, 4.69) is 10.6 Å². The first kappa shape index (κ1) is 24.9. The molecule has 9 heteroatoms. The molecule has 0 aromatic heterocycles. The summed E-state index contributed by atoms with van der Waals surface area (Å²) in [7, 11) is -1.13. The fourth-order valence-corrected chi connectivity index (χ4v) is 4.37. The van der Waals surface area contributed by atoms with Gasteiger partial charge in [0.25, 0.3) is 5.91 Å². The van der Waals surface area contributed by atoms with Crippen LogP contribution in [0.3, 0.4) is 0 Å². The van der Waals surface area contributed by atoms with E-state index in [1.807, 2.05) is 37.3 Å². The van der Waals surface area contributed by atoms with Crippen molar-refractivity contribution < 1.29 is 18.0 Å². The Labute approximate surface area is 200 Å². The number of carbonyl (C=O) groups excluding carboxylic acids is 2. The summed E-state index contributed by atoms with van der Waals surface area (Å²) in [6.45, 7) is 1.42. The molecule has 0 aliphatic carbocycles. The van der Waals surface area contributed by atoms with Crippen LogP contribution in [0.4, 0.5) is 11.4 Å². The highest BCUT2D eigenvalue weighted by atomic mass is 32.2. The van der Waals surface area contributed by atoms with Crippen LogP contribution in [-0.4, -0.2) is 45.2 Å². The van der Waals surface area contributed by atoms with Gasteiger partial charge in [0.15, 0.2) is 0 Å². The SMILES string of the molecule is C[C@H](NC(=O)c1ccccc1NC(=O)CN(c1ccccc1)S(=O)(=O)N(C)C)c1ccccc1. The van der Waals surface area contributed by atoms with E-state index in [4.69, 9.17) is 0 Å². The molecule has 0 aliphatic heterocycles. The number of para-hydroxylation sites is 2. The lowest BCUT2D eigenvalue weighted by Gasteiger charge is -2.27. The summed E-state index contributed by atoms with van der Waals surface area (Å²) in [5.41, 5.74) is 1.87.